The van der Waals surface area contributed by atoms with E-state index in [2.05, 4.69) is 0 Å². The van der Waals surface area contributed by atoms with Crippen LogP contribution in [0, 0.1) is 0 Å². The van der Waals surface area contributed by atoms with Gasteiger partial charge in [-0.1, -0.05) is 34.8 Å². The van der Waals surface area contributed by atoms with Crippen LogP contribution in [0.2, 0.25) is 15.1 Å². The molecule has 106 valence electrons. The van der Waals surface area contributed by atoms with E-state index in [1.54, 1.807) is 4.98 Å². The molecule has 20 heavy (non-hydrogen) atoms. The molecule has 0 spiro atoms. The van der Waals surface area contributed by atoms with Crippen molar-refractivity contribution < 1.29 is 13.2 Å². The monoisotopic (exact) mass is 341 g/mol. The van der Waals surface area contributed by atoms with E-state index in [0.717, 1.165) is 12.1 Å². The third kappa shape index (κ3) is 3.11. The van der Waals surface area contributed by atoms with E-state index in [-0.39, 0.29) is 26.2 Å². The van der Waals surface area contributed by atoms with Crippen LogP contribution < -0.4 is 5.56 Å². The van der Waals surface area contributed by atoms with Gasteiger partial charge in [0.05, 0.1) is 10.0 Å². The highest BCUT2D eigenvalue weighted by Gasteiger charge is 2.32. The van der Waals surface area contributed by atoms with Gasteiger partial charge in [0, 0.05) is 16.7 Å². The Morgan fingerprint density at radius 1 is 1.00 bits per heavy atom. The fraction of sp³-hybridized carbons (Fsp3) is 0.0833. The van der Waals surface area contributed by atoms with Crippen LogP contribution in [0.3, 0.4) is 0 Å². The number of hydrogen-bond donors (Lipinski definition) is 1. The second-order valence-electron chi connectivity index (χ2n) is 3.89. The lowest BCUT2D eigenvalue weighted by Crippen LogP contribution is -2.16. The topological polar surface area (TPSA) is 32.9 Å². The molecular formula is C12H5Cl3F3NO. The van der Waals surface area contributed by atoms with E-state index in [4.69, 9.17) is 34.8 Å². The molecule has 0 unspecified atom stereocenters. The van der Waals surface area contributed by atoms with Crippen molar-refractivity contribution in [1.29, 1.82) is 0 Å². The van der Waals surface area contributed by atoms with Gasteiger partial charge in [-0.15, -0.1) is 0 Å². The molecule has 8 heteroatoms. The minimum absolute atomic E-state index is 0.0181. The Balaban J connectivity index is 2.71. The molecular weight excluding hydrogens is 337 g/mol. The van der Waals surface area contributed by atoms with Crippen LogP contribution >= 0.6 is 34.8 Å². The molecule has 2 rings (SSSR count). The average molecular weight is 343 g/mol. The van der Waals surface area contributed by atoms with Crippen LogP contribution in [0.4, 0.5) is 13.2 Å². The lowest BCUT2D eigenvalue weighted by atomic mass is 10.1. The maximum Gasteiger partial charge on any atom is 0.431 e. The third-order valence-electron chi connectivity index (χ3n) is 2.45. The third-order valence-corrected chi connectivity index (χ3v) is 3.47. The molecule has 0 aliphatic rings. The van der Waals surface area contributed by atoms with Gasteiger partial charge < -0.3 is 4.98 Å². The number of benzene rings is 1. The number of pyridine rings is 1. The van der Waals surface area contributed by atoms with Gasteiger partial charge >= 0.3 is 6.18 Å². The molecule has 2 nitrogen and oxygen atoms in total. The fourth-order valence-corrected chi connectivity index (χ4v) is 2.33. The van der Waals surface area contributed by atoms with Gasteiger partial charge in [-0.3, -0.25) is 4.79 Å². The molecule has 0 aliphatic heterocycles. The van der Waals surface area contributed by atoms with Crippen molar-refractivity contribution in [3.8, 4) is 11.1 Å². The van der Waals surface area contributed by atoms with Gasteiger partial charge in [0.2, 0.25) is 5.56 Å². The number of aromatic nitrogens is 1. The summed E-state index contributed by atoms with van der Waals surface area (Å²) in [6.07, 6.45) is -4.68. The van der Waals surface area contributed by atoms with Crippen LogP contribution in [0.5, 0.6) is 0 Å². The molecule has 1 heterocycles. The lowest BCUT2D eigenvalue weighted by Gasteiger charge is -2.10. The SMILES string of the molecule is O=c1cc(-c2cc(Cl)cc(Cl)c2Cl)cc(C(F)(F)F)[nH]1. The van der Waals surface area contributed by atoms with Gasteiger partial charge in [-0.2, -0.15) is 13.2 Å². The number of hydrogen-bond acceptors (Lipinski definition) is 1. The quantitative estimate of drug-likeness (QED) is 0.725. The Morgan fingerprint density at radius 3 is 2.25 bits per heavy atom. The molecule has 1 N–H and O–H groups in total. The van der Waals surface area contributed by atoms with E-state index in [0.29, 0.717) is 0 Å². The van der Waals surface area contributed by atoms with Crippen LogP contribution in [0.1, 0.15) is 5.69 Å². The second kappa shape index (κ2) is 5.31. The predicted molar refractivity (Wildman–Crippen MR) is 72.5 cm³/mol. The molecule has 0 saturated heterocycles. The molecule has 1 aromatic carbocycles. The van der Waals surface area contributed by atoms with Crippen molar-refractivity contribution in [3.63, 3.8) is 0 Å². The number of halogens is 6. The molecule has 1 aromatic heterocycles. The van der Waals surface area contributed by atoms with Gasteiger partial charge in [-0.25, -0.2) is 0 Å². The molecule has 0 saturated carbocycles. The summed E-state index contributed by atoms with van der Waals surface area (Å²) in [5.74, 6) is 0. The average Bonchev–Trinajstić information content (AvgIpc) is 2.32. The largest absolute Gasteiger partial charge is 0.431 e. The smallest absolute Gasteiger partial charge is 0.318 e. The van der Waals surface area contributed by atoms with Gasteiger partial charge in [0.15, 0.2) is 0 Å². The Bertz CT molecular complexity index is 725. The van der Waals surface area contributed by atoms with E-state index >= 15 is 0 Å². The van der Waals surface area contributed by atoms with Crippen LogP contribution in [-0.2, 0) is 6.18 Å². The zero-order valence-electron chi connectivity index (χ0n) is 9.49. The summed E-state index contributed by atoms with van der Waals surface area (Å²) >= 11 is 17.5. The molecule has 0 bridgehead atoms. The zero-order valence-corrected chi connectivity index (χ0v) is 11.8. The summed E-state index contributed by atoms with van der Waals surface area (Å²) in [6, 6.07) is 4.45. The Hall–Kier alpha value is -1.17. The van der Waals surface area contributed by atoms with E-state index in [1.165, 1.54) is 12.1 Å². The molecule has 2 aromatic rings. The summed E-state index contributed by atoms with van der Waals surface area (Å²) in [5, 5.41) is 0.307. The number of rotatable bonds is 1. The van der Waals surface area contributed by atoms with Gasteiger partial charge in [0.25, 0.3) is 0 Å². The number of aromatic amines is 1. The lowest BCUT2D eigenvalue weighted by molar-refractivity contribution is -0.141. The van der Waals surface area contributed by atoms with Crippen molar-refractivity contribution in [2.45, 2.75) is 6.18 Å². The first-order valence-corrected chi connectivity index (χ1v) is 6.28. The Kier molecular flexibility index (Phi) is 4.04. The summed E-state index contributed by atoms with van der Waals surface area (Å²) in [5.41, 5.74) is -1.94. The van der Waals surface area contributed by atoms with Gasteiger partial charge in [0.1, 0.15) is 5.69 Å². The van der Waals surface area contributed by atoms with Crippen LogP contribution in [0.15, 0.2) is 29.1 Å². The summed E-state index contributed by atoms with van der Waals surface area (Å²) in [7, 11) is 0. The Labute approximate surface area is 126 Å². The fourth-order valence-electron chi connectivity index (χ4n) is 1.62. The molecule has 0 radical (unpaired) electrons. The second-order valence-corrected chi connectivity index (χ2v) is 5.12. The van der Waals surface area contributed by atoms with E-state index < -0.39 is 17.4 Å². The molecule has 0 fully saturated rings. The number of nitrogens with one attached hydrogen (secondary N) is 1. The summed E-state index contributed by atoms with van der Waals surface area (Å²) in [6.45, 7) is 0. The van der Waals surface area contributed by atoms with Crippen molar-refractivity contribution in [2.75, 3.05) is 0 Å². The summed E-state index contributed by atoms with van der Waals surface area (Å²) in [4.78, 5) is 13.1. The molecule has 0 amide bonds. The number of H-pyrrole nitrogens is 1. The van der Waals surface area contributed by atoms with Crippen LogP contribution in [-0.4, -0.2) is 4.98 Å². The van der Waals surface area contributed by atoms with E-state index in [9.17, 15) is 18.0 Å². The van der Waals surface area contributed by atoms with Gasteiger partial charge in [-0.05, 0) is 23.8 Å². The first kappa shape index (κ1) is 15.2. The van der Waals surface area contributed by atoms with Crippen molar-refractivity contribution in [3.05, 3.63) is 55.4 Å². The first-order chi connectivity index (χ1) is 9.18. The minimum Gasteiger partial charge on any atom is -0.318 e. The molecule has 0 aliphatic carbocycles. The van der Waals surface area contributed by atoms with Crippen molar-refractivity contribution in [1.82, 2.24) is 4.98 Å². The highest BCUT2D eigenvalue weighted by atomic mass is 35.5. The van der Waals surface area contributed by atoms with Crippen LogP contribution in [0.25, 0.3) is 11.1 Å². The first-order valence-electron chi connectivity index (χ1n) is 5.15. The van der Waals surface area contributed by atoms with E-state index in [1.807, 2.05) is 0 Å². The number of alkyl halides is 3. The maximum atomic E-state index is 12.7. The normalized spacial score (nSPS) is 11.7. The minimum atomic E-state index is -4.68. The zero-order chi connectivity index (χ0) is 15.1. The highest BCUT2D eigenvalue weighted by Crippen LogP contribution is 2.37. The highest BCUT2D eigenvalue weighted by molar-refractivity contribution is 6.45. The standard InChI is InChI=1S/C12H5Cl3F3NO/c13-6-3-7(11(15)8(14)4-6)5-1-9(12(16,17)18)19-10(20)2-5/h1-4H,(H,19,20). The summed E-state index contributed by atoms with van der Waals surface area (Å²) < 4.78 is 38.0. The van der Waals surface area contributed by atoms with Crippen molar-refractivity contribution >= 4 is 34.8 Å². The predicted octanol–water partition coefficient (Wildman–Crippen LogP) is 5.02. The molecule has 0 atom stereocenters. The van der Waals surface area contributed by atoms with Crippen molar-refractivity contribution in [2.24, 2.45) is 0 Å². The maximum absolute atomic E-state index is 12.7. The Morgan fingerprint density at radius 2 is 1.65 bits per heavy atom.